The van der Waals surface area contributed by atoms with Gasteiger partial charge in [0.05, 0.1) is 13.0 Å². The molecule has 12 heteroatoms. The van der Waals surface area contributed by atoms with E-state index < -0.39 is 66.6 Å². The Kier molecular flexibility index (Phi) is 10.2. The van der Waals surface area contributed by atoms with Crippen LogP contribution < -0.4 is 27.0 Å². The third-order valence-corrected chi connectivity index (χ3v) is 3.52. The zero-order valence-electron chi connectivity index (χ0n) is 16.2. The van der Waals surface area contributed by atoms with Gasteiger partial charge in [0.15, 0.2) is 0 Å². The van der Waals surface area contributed by atoms with Crippen LogP contribution in [0.1, 0.15) is 34.1 Å². The van der Waals surface area contributed by atoms with Crippen LogP contribution in [-0.4, -0.2) is 65.3 Å². The SMILES string of the molecule is CC(=O)N[C@H](C(=O)N[C@@H](CC(N)=O)C(=O)NCC(=O)N[C@@H](C)C(=O)O)C(C)C. The first-order valence-electron chi connectivity index (χ1n) is 8.50. The number of hydrogen-bond donors (Lipinski definition) is 6. The van der Waals surface area contributed by atoms with E-state index in [1.807, 2.05) is 0 Å². The molecule has 0 aromatic heterocycles. The zero-order chi connectivity index (χ0) is 22.0. The lowest BCUT2D eigenvalue weighted by atomic mass is 10.0. The van der Waals surface area contributed by atoms with Crippen molar-refractivity contribution in [2.75, 3.05) is 6.54 Å². The fraction of sp³-hybridized carbons (Fsp3) is 0.625. The van der Waals surface area contributed by atoms with E-state index in [9.17, 15) is 28.8 Å². The number of primary amides is 1. The summed E-state index contributed by atoms with van der Waals surface area (Å²) in [5.74, 6) is -5.21. The Morgan fingerprint density at radius 2 is 1.50 bits per heavy atom. The first-order valence-corrected chi connectivity index (χ1v) is 8.50. The smallest absolute Gasteiger partial charge is 0.325 e. The molecule has 0 spiro atoms. The van der Waals surface area contributed by atoms with Gasteiger partial charge in [-0.2, -0.15) is 0 Å². The van der Waals surface area contributed by atoms with Crippen molar-refractivity contribution < 1.29 is 33.9 Å². The van der Waals surface area contributed by atoms with Gasteiger partial charge in [-0.25, -0.2) is 0 Å². The van der Waals surface area contributed by atoms with Crippen molar-refractivity contribution >= 4 is 35.5 Å². The van der Waals surface area contributed by atoms with Crippen LogP contribution in [0.15, 0.2) is 0 Å². The summed E-state index contributed by atoms with van der Waals surface area (Å²) in [5.41, 5.74) is 5.09. The van der Waals surface area contributed by atoms with Gasteiger partial charge in [0.1, 0.15) is 18.1 Å². The van der Waals surface area contributed by atoms with Crippen molar-refractivity contribution in [3.63, 3.8) is 0 Å². The molecular weight excluding hydrogens is 374 g/mol. The molecule has 0 aliphatic heterocycles. The van der Waals surface area contributed by atoms with Crippen LogP contribution in [0, 0.1) is 5.92 Å². The Bertz CT molecular complexity index is 635. The van der Waals surface area contributed by atoms with Crippen LogP contribution in [0.3, 0.4) is 0 Å². The second kappa shape index (κ2) is 11.5. The van der Waals surface area contributed by atoms with Gasteiger partial charge in [-0.15, -0.1) is 0 Å². The summed E-state index contributed by atoms with van der Waals surface area (Å²) in [6, 6.07) is -3.47. The molecule has 0 aliphatic carbocycles. The lowest BCUT2D eigenvalue weighted by Gasteiger charge is -2.24. The third-order valence-electron chi connectivity index (χ3n) is 3.52. The summed E-state index contributed by atoms with van der Waals surface area (Å²) in [4.78, 5) is 69.4. The molecule has 0 aliphatic rings. The van der Waals surface area contributed by atoms with Crippen LogP contribution in [0.5, 0.6) is 0 Å². The van der Waals surface area contributed by atoms with Gasteiger partial charge in [0.25, 0.3) is 0 Å². The molecule has 0 heterocycles. The van der Waals surface area contributed by atoms with Crippen LogP contribution >= 0.6 is 0 Å². The van der Waals surface area contributed by atoms with E-state index in [1.165, 1.54) is 13.8 Å². The zero-order valence-corrected chi connectivity index (χ0v) is 16.2. The Hall–Kier alpha value is -3.18. The fourth-order valence-corrected chi connectivity index (χ4v) is 2.07. The molecule has 3 atom stereocenters. The number of carboxylic acids is 1. The van der Waals surface area contributed by atoms with Crippen molar-refractivity contribution in [3.05, 3.63) is 0 Å². The molecule has 0 aromatic carbocycles. The quantitative estimate of drug-likeness (QED) is 0.215. The van der Waals surface area contributed by atoms with Crippen molar-refractivity contribution in [2.45, 2.75) is 52.2 Å². The van der Waals surface area contributed by atoms with Crippen LogP contribution in [0.2, 0.25) is 0 Å². The summed E-state index contributed by atoms with van der Waals surface area (Å²) in [6.45, 7) is 5.26. The van der Waals surface area contributed by atoms with E-state index in [0.29, 0.717) is 0 Å². The minimum absolute atomic E-state index is 0.301. The van der Waals surface area contributed by atoms with E-state index in [2.05, 4.69) is 21.3 Å². The summed E-state index contributed by atoms with van der Waals surface area (Å²) in [7, 11) is 0. The lowest BCUT2D eigenvalue weighted by Crippen LogP contribution is -2.56. The first kappa shape index (κ1) is 24.8. The Morgan fingerprint density at radius 3 is 1.93 bits per heavy atom. The molecule has 0 saturated heterocycles. The average Bonchev–Trinajstić information content (AvgIpc) is 2.55. The maximum Gasteiger partial charge on any atom is 0.325 e. The van der Waals surface area contributed by atoms with Gasteiger partial charge >= 0.3 is 5.97 Å². The average molecular weight is 401 g/mol. The molecule has 0 saturated carbocycles. The number of hydrogen-bond acceptors (Lipinski definition) is 6. The second-order valence-electron chi connectivity index (χ2n) is 6.50. The maximum absolute atomic E-state index is 12.4. The van der Waals surface area contributed by atoms with Gasteiger partial charge in [-0.3, -0.25) is 28.8 Å². The third kappa shape index (κ3) is 9.50. The van der Waals surface area contributed by atoms with Gasteiger partial charge in [-0.05, 0) is 12.8 Å². The number of nitrogens with one attached hydrogen (secondary N) is 4. The number of carbonyl (C=O) groups excluding carboxylic acids is 5. The Balaban J connectivity index is 5.00. The second-order valence-corrected chi connectivity index (χ2v) is 6.50. The Morgan fingerprint density at radius 1 is 0.929 bits per heavy atom. The minimum Gasteiger partial charge on any atom is -0.480 e. The van der Waals surface area contributed by atoms with Crippen molar-refractivity contribution in [3.8, 4) is 0 Å². The number of carboxylic acid groups (broad SMARTS) is 1. The fourth-order valence-electron chi connectivity index (χ4n) is 2.07. The largest absolute Gasteiger partial charge is 0.480 e. The summed E-state index contributed by atoms with van der Waals surface area (Å²) >= 11 is 0. The van der Waals surface area contributed by atoms with Crippen LogP contribution in [0.4, 0.5) is 0 Å². The molecule has 0 radical (unpaired) electrons. The van der Waals surface area contributed by atoms with E-state index in [0.717, 1.165) is 0 Å². The lowest BCUT2D eigenvalue weighted by molar-refractivity contribution is -0.141. The molecule has 7 N–H and O–H groups in total. The standard InChI is InChI=1S/C16H27N5O7/c1-7(2)13(20-9(4)22)15(26)21-10(5-11(17)23)14(25)18-6-12(24)19-8(3)16(27)28/h7-8,10,13H,5-6H2,1-4H3,(H2,17,23)(H,18,25)(H,19,24)(H,20,22)(H,21,26)(H,27,28)/t8-,10-,13-/m0/s1. The summed E-state index contributed by atoms with van der Waals surface area (Å²) in [5, 5.41) is 17.8. The highest BCUT2D eigenvalue weighted by molar-refractivity contribution is 5.95. The van der Waals surface area contributed by atoms with E-state index >= 15 is 0 Å². The summed E-state index contributed by atoms with van der Waals surface area (Å²) in [6.07, 6.45) is -0.532. The van der Waals surface area contributed by atoms with Crippen LogP contribution in [0.25, 0.3) is 0 Å². The highest BCUT2D eigenvalue weighted by atomic mass is 16.4. The molecule has 12 nitrogen and oxygen atoms in total. The minimum atomic E-state index is -1.37. The van der Waals surface area contributed by atoms with E-state index in [-0.39, 0.29) is 5.92 Å². The summed E-state index contributed by atoms with van der Waals surface area (Å²) < 4.78 is 0. The number of rotatable bonds is 11. The van der Waals surface area contributed by atoms with Crippen LogP contribution in [-0.2, 0) is 28.8 Å². The number of aliphatic carboxylic acids is 1. The van der Waals surface area contributed by atoms with Crippen molar-refractivity contribution in [2.24, 2.45) is 11.7 Å². The molecule has 158 valence electrons. The normalized spacial score (nSPS) is 13.6. The molecule has 28 heavy (non-hydrogen) atoms. The molecule has 0 aromatic rings. The molecule has 0 unspecified atom stereocenters. The monoisotopic (exact) mass is 401 g/mol. The van der Waals surface area contributed by atoms with Crippen molar-refractivity contribution in [1.29, 1.82) is 0 Å². The Labute approximate surface area is 162 Å². The highest BCUT2D eigenvalue weighted by Gasteiger charge is 2.29. The predicted molar refractivity (Wildman–Crippen MR) is 96.4 cm³/mol. The van der Waals surface area contributed by atoms with E-state index in [4.69, 9.17) is 10.8 Å². The highest BCUT2D eigenvalue weighted by Crippen LogP contribution is 2.03. The maximum atomic E-state index is 12.4. The van der Waals surface area contributed by atoms with Gasteiger partial charge in [-0.1, -0.05) is 13.8 Å². The molecule has 5 amide bonds. The predicted octanol–water partition coefficient (Wildman–Crippen LogP) is -2.79. The topological polar surface area (TPSA) is 197 Å². The van der Waals surface area contributed by atoms with Crippen molar-refractivity contribution in [1.82, 2.24) is 21.3 Å². The molecule has 0 fully saturated rings. The van der Waals surface area contributed by atoms with Gasteiger partial charge in [0, 0.05) is 6.92 Å². The first-order chi connectivity index (χ1) is 12.8. The molecule has 0 rings (SSSR count). The number of carbonyl (C=O) groups is 6. The van der Waals surface area contributed by atoms with E-state index in [1.54, 1.807) is 13.8 Å². The van der Waals surface area contributed by atoms with Gasteiger partial charge < -0.3 is 32.1 Å². The van der Waals surface area contributed by atoms with Gasteiger partial charge in [0.2, 0.25) is 29.5 Å². The number of nitrogens with two attached hydrogens (primary N) is 1. The molecular formula is C16H27N5O7. The number of amides is 5. The molecule has 0 bridgehead atoms.